The van der Waals surface area contributed by atoms with Gasteiger partial charge in [0.05, 0.1) is 5.56 Å². The number of thiocarbonyl (C=S) groups is 1. The van der Waals surface area contributed by atoms with Crippen LogP contribution in [-0.4, -0.2) is 48.1 Å². The van der Waals surface area contributed by atoms with Crippen LogP contribution < -0.4 is 10.6 Å². The quantitative estimate of drug-likeness (QED) is 0.363. The fourth-order valence-electron chi connectivity index (χ4n) is 2.63. The number of rotatable bonds is 9. The molecular formula is C23H27N3O3S. The first-order chi connectivity index (χ1) is 14.5. The van der Waals surface area contributed by atoms with Crippen LogP contribution in [-0.2, 0) is 9.53 Å². The standard InChI is InChI=1S/C23H27N3O3S/c1-3-26(4-2)16-17-29-22(28)19-11-13-20(14-12-19)24-23(30)25-21(27)15-10-18-8-6-5-7-9-18/h5-15H,3-4,16-17H2,1-2H3,(H2,24,25,27,30)/b15-10+. The maximum absolute atomic E-state index is 12.1. The minimum absolute atomic E-state index is 0.173. The number of carbonyl (C=O) groups excluding carboxylic acids is 2. The summed E-state index contributed by atoms with van der Waals surface area (Å²) in [4.78, 5) is 26.3. The molecular weight excluding hydrogens is 398 g/mol. The second kappa shape index (κ2) is 12.5. The van der Waals surface area contributed by atoms with Crippen LogP contribution in [0, 0.1) is 0 Å². The smallest absolute Gasteiger partial charge is 0.338 e. The normalized spacial score (nSPS) is 10.8. The van der Waals surface area contributed by atoms with Crippen molar-refractivity contribution in [1.29, 1.82) is 0 Å². The van der Waals surface area contributed by atoms with E-state index in [9.17, 15) is 9.59 Å². The third-order valence-electron chi connectivity index (χ3n) is 4.38. The minimum Gasteiger partial charge on any atom is -0.461 e. The number of benzene rings is 2. The molecule has 0 fully saturated rings. The molecule has 30 heavy (non-hydrogen) atoms. The number of nitrogens with one attached hydrogen (secondary N) is 2. The van der Waals surface area contributed by atoms with Gasteiger partial charge in [0.25, 0.3) is 0 Å². The van der Waals surface area contributed by atoms with Crippen molar-refractivity contribution in [2.75, 3.05) is 31.6 Å². The highest BCUT2D eigenvalue weighted by Gasteiger charge is 2.09. The van der Waals surface area contributed by atoms with E-state index in [2.05, 4.69) is 29.4 Å². The minimum atomic E-state index is -0.365. The van der Waals surface area contributed by atoms with E-state index in [0.29, 0.717) is 24.4 Å². The van der Waals surface area contributed by atoms with Crippen LogP contribution in [0.5, 0.6) is 0 Å². The Labute approximate surface area is 182 Å². The first-order valence-corrected chi connectivity index (χ1v) is 10.3. The molecule has 2 rings (SSSR count). The Kier molecular flexibility index (Phi) is 9.70. The SMILES string of the molecule is CCN(CC)CCOC(=O)c1ccc(NC(=S)NC(=O)/C=C/c2ccccc2)cc1. The van der Waals surface area contributed by atoms with Gasteiger partial charge in [-0.1, -0.05) is 44.2 Å². The number of ether oxygens (including phenoxy) is 1. The fraction of sp³-hybridized carbons (Fsp3) is 0.261. The number of anilines is 1. The molecule has 0 aliphatic carbocycles. The Hall–Kier alpha value is -3.03. The van der Waals surface area contributed by atoms with Crippen LogP contribution in [0.25, 0.3) is 6.08 Å². The number of amides is 1. The summed E-state index contributed by atoms with van der Waals surface area (Å²) in [6, 6.07) is 16.2. The van der Waals surface area contributed by atoms with E-state index in [1.165, 1.54) is 6.08 Å². The molecule has 0 unspecified atom stereocenters. The molecule has 1 amide bonds. The lowest BCUT2D eigenvalue weighted by Gasteiger charge is -2.17. The molecule has 0 heterocycles. The summed E-state index contributed by atoms with van der Waals surface area (Å²) in [5, 5.41) is 5.67. The Morgan fingerprint density at radius 3 is 2.33 bits per heavy atom. The van der Waals surface area contributed by atoms with Crippen molar-refractivity contribution in [2.45, 2.75) is 13.8 Å². The molecule has 0 aliphatic heterocycles. The summed E-state index contributed by atoms with van der Waals surface area (Å²) in [5.74, 6) is -0.694. The maximum Gasteiger partial charge on any atom is 0.338 e. The molecule has 0 aromatic heterocycles. The Morgan fingerprint density at radius 1 is 1.03 bits per heavy atom. The van der Waals surface area contributed by atoms with Gasteiger partial charge in [0.2, 0.25) is 5.91 Å². The van der Waals surface area contributed by atoms with Gasteiger partial charge in [0.1, 0.15) is 6.61 Å². The van der Waals surface area contributed by atoms with E-state index in [1.807, 2.05) is 30.3 Å². The van der Waals surface area contributed by atoms with Gasteiger partial charge in [-0.2, -0.15) is 0 Å². The van der Waals surface area contributed by atoms with Crippen molar-refractivity contribution in [2.24, 2.45) is 0 Å². The molecule has 0 aliphatic rings. The molecule has 2 aromatic carbocycles. The Balaban J connectivity index is 1.79. The molecule has 0 saturated carbocycles. The van der Waals surface area contributed by atoms with Crippen molar-refractivity contribution in [3.8, 4) is 0 Å². The first kappa shape index (κ1) is 23.3. The molecule has 0 bridgehead atoms. The number of likely N-dealkylation sites (N-methyl/N-ethyl adjacent to an activating group) is 1. The predicted molar refractivity (Wildman–Crippen MR) is 124 cm³/mol. The summed E-state index contributed by atoms with van der Waals surface area (Å²) >= 11 is 5.16. The third-order valence-corrected chi connectivity index (χ3v) is 4.58. The molecule has 6 nitrogen and oxygen atoms in total. The van der Waals surface area contributed by atoms with Crippen LogP contribution in [0.15, 0.2) is 60.7 Å². The number of esters is 1. The van der Waals surface area contributed by atoms with Crippen LogP contribution >= 0.6 is 12.2 Å². The number of nitrogens with zero attached hydrogens (tertiary/aromatic N) is 1. The average molecular weight is 426 g/mol. The third kappa shape index (κ3) is 8.14. The molecule has 158 valence electrons. The van der Waals surface area contributed by atoms with Gasteiger partial charge in [0.15, 0.2) is 5.11 Å². The van der Waals surface area contributed by atoms with E-state index in [-0.39, 0.29) is 17.0 Å². The largest absolute Gasteiger partial charge is 0.461 e. The lowest BCUT2D eigenvalue weighted by atomic mass is 10.2. The molecule has 0 radical (unpaired) electrons. The fourth-order valence-corrected chi connectivity index (χ4v) is 2.85. The van der Waals surface area contributed by atoms with Gasteiger partial charge in [-0.15, -0.1) is 0 Å². The van der Waals surface area contributed by atoms with Crippen molar-refractivity contribution in [3.63, 3.8) is 0 Å². The topological polar surface area (TPSA) is 70.7 Å². The van der Waals surface area contributed by atoms with Crippen LogP contribution in [0.2, 0.25) is 0 Å². The second-order valence-corrected chi connectivity index (χ2v) is 6.84. The summed E-state index contributed by atoms with van der Waals surface area (Å²) in [5.41, 5.74) is 2.04. The van der Waals surface area contributed by atoms with Gasteiger partial charge in [0, 0.05) is 18.3 Å². The molecule has 0 spiro atoms. The Bertz CT molecular complexity index is 863. The molecule has 2 aromatic rings. The van der Waals surface area contributed by atoms with E-state index in [0.717, 1.165) is 18.7 Å². The van der Waals surface area contributed by atoms with Gasteiger partial charge in [-0.25, -0.2) is 4.79 Å². The van der Waals surface area contributed by atoms with E-state index in [4.69, 9.17) is 17.0 Å². The number of hydrogen-bond acceptors (Lipinski definition) is 5. The highest BCUT2D eigenvalue weighted by Crippen LogP contribution is 2.11. The highest BCUT2D eigenvalue weighted by molar-refractivity contribution is 7.80. The summed E-state index contributed by atoms with van der Waals surface area (Å²) in [6.45, 7) is 7.06. The Morgan fingerprint density at radius 2 is 1.70 bits per heavy atom. The summed E-state index contributed by atoms with van der Waals surface area (Å²) < 4.78 is 5.31. The van der Waals surface area contributed by atoms with Gasteiger partial charge < -0.3 is 15.0 Å². The summed E-state index contributed by atoms with van der Waals surface area (Å²) in [6.07, 6.45) is 3.12. The summed E-state index contributed by atoms with van der Waals surface area (Å²) in [7, 11) is 0. The van der Waals surface area contributed by atoms with Crippen LogP contribution in [0.4, 0.5) is 5.69 Å². The molecule has 2 N–H and O–H groups in total. The van der Waals surface area contributed by atoms with Crippen molar-refractivity contribution < 1.29 is 14.3 Å². The zero-order valence-corrected chi connectivity index (χ0v) is 18.1. The molecule has 7 heteroatoms. The van der Waals surface area contributed by atoms with Crippen LogP contribution in [0.3, 0.4) is 0 Å². The highest BCUT2D eigenvalue weighted by atomic mass is 32.1. The van der Waals surface area contributed by atoms with Crippen LogP contribution in [0.1, 0.15) is 29.8 Å². The molecule has 0 atom stereocenters. The van der Waals surface area contributed by atoms with E-state index in [1.54, 1.807) is 30.3 Å². The maximum atomic E-state index is 12.1. The monoisotopic (exact) mass is 425 g/mol. The lowest BCUT2D eigenvalue weighted by Crippen LogP contribution is -2.32. The van der Waals surface area contributed by atoms with E-state index < -0.39 is 0 Å². The van der Waals surface area contributed by atoms with Crippen molar-refractivity contribution in [3.05, 3.63) is 71.8 Å². The van der Waals surface area contributed by atoms with Crippen molar-refractivity contribution >= 4 is 41.0 Å². The zero-order valence-electron chi connectivity index (χ0n) is 17.3. The average Bonchev–Trinajstić information content (AvgIpc) is 2.76. The zero-order chi connectivity index (χ0) is 21.8. The van der Waals surface area contributed by atoms with E-state index >= 15 is 0 Å². The predicted octanol–water partition coefficient (Wildman–Crippen LogP) is 3.71. The number of carbonyl (C=O) groups is 2. The molecule has 0 saturated heterocycles. The van der Waals surface area contributed by atoms with Gasteiger partial charge >= 0.3 is 5.97 Å². The number of hydrogen-bond donors (Lipinski definition) is 2. The first-order valence-electron chi connectivity index (χ1n) is 9.86. The van der Waals surface area contributed by atoms with Gasteiger partial charge in [-0.05, 0) is 61.2 Å². The lowest BCUT2D eigenvalue weighted by molar-refractivity contribution is -0.115. The second-order valence-electron chi connectivity index (χ2n) is 6.43. The van der Waals surface area contributed by atoms with Gasteiger partial charge in [-0.3, -0.25) is 10.1 Å². The van der Waals surface area contributed by atoms with Crippen molar-refractivity contribution in [1.82, 2.24) is 10.2 Å².